The van der Waals surface area contributed by atoms with Gasteiger partial charge in [-0.3, -0.25) is 0 Å². The Morgan fingerprint density at radius 3 is 2.83 bits per heavy atom. The van der Waals surface area contributed by atoms with Gasteiger partial charge in [-0.15, -0.1) is 35.3 Å². The fourth-order valence-corrected chi connectivity index (χ4v) is 2.82. The lowest BCUT2D eigenvalue weighted by Gasteiger charge is -2.21. The number of thiophene rings is 1. The molecule has 132 valence electrons. The smallest absolute Gasteiger partial charge is 0.213 e. The highest BCUT2D eigenvalue weighted by Gasteiger charge is 2.06. The normalized spacial score (nSPS) is 10.9. The van der Waals surface area contributed by atoms with Gasteiger partial charge in [-0.25, -0.2) is 9.98 Å². The Morgan fingerprint density at radius 2 is 2.17 bits per heavy atom. The first-order valence-corrected chi connectivity index (χ1v) is 8.62. The second-order valence-electron chi connectivity index (χ2n) is 5.09. The molecular formula is C17H25IN4OS. The zero-order valence-electron chi connectivity index (χ0n) is 14.4. The summed E-state index contributed by atoms with van der Waals surface area (Å²) in [5.41, 5.74) is 0.895. The van der Waals surface area contributed by atoms with Crippen LogP contribution >= 0.6 is 35.3 Å². The van der Waals surface area contributed by atoms with E-state index in [4.69, 9.17) is 4.74 Å². The predicted molar refractivity (Wildman–Crippen MR) is 112 cm³/mol. The van der Waals surface area contributed by atoms with E-state index in [2.05, 4.69) is 51.7 Å². The number of methoxy groups -OCH3 is 1. The molecule has 2 aromatic rings. The summed E-state index contributed by atoms with van der Waals surface area (Å²) in [4.78, 5) is 12.6. The molecule has 0 amide bonds. The fourth-order valence-electron chi connectivity index (χ4n) is 2.12. The lowest BCUT2D eigenvalue weighted by atomic mass is 10.3. The van der Waals surface area contributed by atoms with Crippen molar-refractivity contribution in [3.8, 4) is 5.88 Å². The number of likely N-dealkylation sites (N-methyl/N-ethyl adjacent to an activating group) is 1. The minimum Gasteiger partial charge on any atom is -0.481 e. The largest absolute Gasteiger partial charge is 0.481 e. The zero-order chi connectivity index (χ0) is 16.5. The Bertz CT molecular complexity index is 619. The Morgan fingerprint density at radius 1 is 1.33 bits per heavy atom. The third-order valence-corrected chi connectivity index (χ3v) is 4.29. The van der Waals surface area contributed by atoms with Gasteiger partial charge in [0, 0.05) is 31.1 Å². The third kappa shape index (κ3) is 6.64. The van der Waals surface area contributed by atoms with Gasteiger partial charge in [-0.05, 0) is 30.9 Å². The van der Waals surface area contributed by atoms with Gasteiger partial charge in [0.1, 0.15) is 0 Å². The lowest BCUT2D eigenvalue weighted by molar-refractivity contribution is 0.396. The molecule has 1 N–H and O–H groups in total. The van der Waals surface area contributed by atoms with Gasteiger partial charge in [-0.1, -0.05) is 12.1 Å². The molecule has 24 heavy (non-hydrogen) atoms. The number of rotatable bonds is 7. The van der Waals surface area contributed by atoms with Crippen LogP contribution in [-0.2, 0) is 13.0 Å². The summed E-state index contributed by atoms with van der Waals surface area (Å²) in [6.07, 6.45) is 1.02. The van der Waals surface area contributed by atoms with Crippen LogP contribution in [0.3, 0.4) is 0 Å². The molecule has 0 atom stereocenters. The summed E-state index contributed by atoms with van der Waals surface area (Å²) < 4.78 is 5.15. The minimum atomic E-state index is 0. The van der Waals surface area contributed by atoms with E-state index in [-0.39, 0.29) is 24.0 Å². The molecule has 2 rings (SSSR count). The van der Waals surface area contributed by atoms with E-state index in [1.54, 1.807) is 18.4 Å². The van der Waals surface area contributed by atoms with Crippen LogP contribution in [0.1, 0.15) is 17.5 Å². The van der Waals surface area contributed by atoms with E-state index in [1.165, 1.54) is 4.88 Å². The van der Waals surface area contributed by atoms with Crippen LogP contribution in [0.4, 0.5) is 0 Å². The average molecular weight is 460 g/mol. The van der Waals surface area contributed by atoms with Crippen molar-refractivity contribution in [2.75, 3.05) is 27.2 Å². The predicted octanol–water partition coefficient (Wildman–Crippen LogP) is 3.41. The number of hydrogen-bond donors (Lipinski definition) is 1. The quantitative estimate of drug-likeness (QED) is 0.391. The van der Waals surface area contributed by atoms with Crippen LogP contribution in [0.25, 0.3) is 0 Å². The van der Waals surface area contributed by atoms with Crippen molar-refractivity contribution in [1.82, 2.24) is 15.2 Å². The van der Waals surface area contributed by atoms with E-state index in [0.717, 1.165) is 31.2 Å². The number of hydrogen-bond acceptors (Lipinski definition) is 4. The summed E-state index contributed by atoms with van der Waals surface area (Å²) in [6, 6.07) is 9.99. The lowest BCUT2D eigenvalue weighted by Crippen LogP contribution is -2.39. The molecule has 0 aliphatic carbocycles. The van der Waals surface area contributed by atoms with Crippen molar-refractivity contribution in [2.24, 2.45) is 4.99 Å². The summed E-state index contributed by atoms with van der Waals surface area (Å²) in [5, 5.41) is 5.45. The molecule has 0 saturated carbocycles. The van der Waals surface area contributed by atoms with Gasteiger partial charge in [0.15, 0.2) is 5.96 Å². The molecule has 0 spiro atoms. The van der Waals surface area contributed by atoms with Gasteiger partial charge < -0.3 is 15.0 Å². The number of aliphatic imine (C=N–C) groups is 1. The summed E-state index contributed by atoms with van der Waals surface area (Å²) in [7, 11) is 3.69. The number of pyridine rings is 1. The zero-order valence-corrected chi connectivity index (χ0v) is 17.5. The maximum atomic E-state index is 5.15. The van der Waals surface area contributed by atoms with Crippen molar-refractivity contribution in [3.05, 3.63) is 46.3 Å². The highest BCUT2D eigenvalue weighted by Crippen LogP contribution is 2.10. The van der Waals surface area contributed by atoms with Crippen molar-refractivity contribution in [2.45, 2.75) is 19.9 Å². The van der Waals surface area contributed by atoms with Crippen molar-refractivity contribution < 1.29 is 4.74 Å². The van der Waals surface area contributed by atoms with Crippen molar-refractivity contribution in [1.29, 1.82) is 0 Å². The first kappa shape index (κ1) is 20.7. The topological polar surface area (TPSA) is 49.8 Å². The highest BCUT2D eigenvalue weighted by molar-refractivity contribution is 14.0. The van der Waals surface area contributed by atoms with Gasteiger partial charge >= 0.3 is 0 Å². The van der Waals surface area contributed by atoms with E-state index in [1.807, 2.05) is 18.2 Å². The number of halogens is 1. The molecule has 0 aliphatic rings. The van der Waals surface area contributed by atoms with E-state index in [9.17, 15) is 0 Å². The van der Waals surface area contributed by atoms with E-state index in [0.29, 0.717) is 12.4 Å². The number of nitrogens with one attached hydrogen (secondary N) is 1. The molecule has 0 aliphatic heterocycles. The minimum absolute atomic E-state index is 0. The van der Waals surface area contributed by atoms with Crippen LogP contribution in [0.2, 0.25) is 0 Å². The van der Waals surface area contributed by atoms with Crippen molar-refractivity contribution >= 4 is 41.3 Å². The van der Waals surface area contributed by atoms with Crippen LogP contribution in [0.15, 0.2) is 40.7 Å². The SMILES string of the molecule is CCNC(=NCc1cccc(OC)n1)N(C)CCc1cccs1.I. The second-order valence-corrected chi connectivity index (χ2v) is 6.12. The summed E-state index contributed by atoms with van der Waals surface area (Å²) in [5.74, 6) is 1.52. The molecule has 2 aromatic heterocycles. The van der Waals surface area contributed by atoms with E-state index >= 15 is 0 Å². The molecule has 0 fully saturated rings. The molecule has 0 aromatic carbocycles. The first-order chi connectivity index (χ1) is 11.2. The average Bonchev–Trinajstić information content (AvgIpc) is 3.10. The number of nitrogens with zero attached hydrogens (tertiary/aromatic N) is 3. The maximum Gasteiger partial charge on any atom is 0.213 e. The number of ether oxygens (including phenoxy) is 1. The van der Waals surface area contributed by atoms with Crippen molar-refractivity contribution in [3.63, 3.8) is 0 Å². The monoisotopic (exact) mass is 460 g/mol. The summed E-state index contributed by atoms with van der Waals surface area (Å²) >= 11 is 1.79. The molecule has 7 heteroatoms. The highest BCUT2D eigenvalue weighted by atomic mass is 127. The number of aromatic nitrogens is 1. The molecule has 0 unspecified atom stereocenters. The summed E-state index contributed by atoms with van der Waals surface area (Å²) in [6.45, 7) is 4.38. The van der Waals surface area contributed by atoms with Crippen LogP contribution < -0.4 is 10.1 Å². The molecule has 5 nitrogen and oxygen atoms in total. The van der Waals surface area contributed by atoms with Gasteiger partial charge in [0.2, 0.25) is 5.88 Å². The second kappa shape index (κ2) is 11.2. The Balaban J connectivity index is 0.00000288. The van der Waals surface area contributed by atoms with Gasteiger partial charge in [0.05, 0.1) is 19.3 Å². The standard InChI is InChI=1S/C17H24N4OS.HI/c1-4-18-17(21(2)11-10-15-8-6-12-23-15)19-13-14-7-5-9-16(20-14)22-3;/h5-9,12H,4,10-11,13H2,1-3H3,(H,18,19);1H. The third-order valence-electron chi connectivity index (χ3n) is 3.35. The maximum absolute atomic E-state index is 5.15. The van der Waals surface area contributed by atoms with Gasteiger partial charge in [-0.2, -0.15) is 0 Å². The molecule has 0 saturated heterocycles. The van der Waals surface area contributed by atoms with Gasteiger partial charge in [0.25, 0.3) is 0 Å². The molecular weight excluding hydrogens is 435 g/mol. The van der Waals surface area contributed by atoms with Crippen LogP contribution in [0, 0.1) is 0 Å². The van der Waals surface area contributed by atoms with Crippen LogP contribution in [-0.4, -0.2) is 43.1 Å². The Labute approximate surface area is 165 Å². The molecule has 0 radical (unpaired) electrons. The Hall–Kier alpha value is -1.35. The molecule has 0 bridgehead atoms. The fraction of sp³-hybridized carbons (Fsp3) is 0.412. The number of guanidine groups is 1. The first-order valence-electron chi connectivity index (χ1n) is 7.74. The van der Waals surface area contributed by atoms with E-state index < -0.39 is 0 Å². The Kier molecular flexibility index (Phi) is 9.70. The van der Waals surface area contributed by atoms with Crippen LogP contribution in [0.5, 0.6) is 5.88 Å². The molecule has 2 heterocycles.